The van der Waals surface area contributed by atoms with Crippen molar-refractivity contribution in [3.05, 3.63) is 35.9 Å². The third-order valence-corrected chi connectivity index (χ3v) is 4.14. The molecular weight excluding hydrogens is 357 g/mol. The number of halogens is 2. The molecule has 0 aromatic heterocycles. The minimum atomic E-state index is -0.230. The molecule has 1 aromatic carbocycles. The zero-order valence-corrected chi connectivity index (χ0v) is 17.6. The smallest absolute Gasteiger partial charge is 0.224 e. The van der Waals surface area contributed by atoms with Gasteiger partial charge in [-0.1, -0.05) is 58.0 Å². The maximum atomic E-state index is 12.7. The molecule has 1 aromatic rings. The molecule has 1 amide bonds. The van der Waals surface area contributed by atoms with Crippen LogP contribution in [0.25, 0.3) is 0 Å². The van der Waals surface area contributed by atoms with E-state index >= 15 is 0 Å². The molecule has 0 radical (unpaired) electrons. The summed E-state index contributed by atoms with van der Waals surface area (Å²) >= 11 is 0. The zero-order valence-electron chi connectivity index (χ0n) is 16.0. The molecule has 1 unspecified atom stereocenters. The number of benzene rings is 1. The Labute approximate surface area is 166 Å². The van der Waals surface area contributed by atoms with Gasteiger partial charge in [-0.3, -0.25) is 4.79 Å². The first-order valence-corrected chi connectivity index (χ1v) is 8.78. The molecule has 0 saturated carbocycles. The average molecular weight is 392 g/mol. The Morgan fingerprint density at radius 2 is 1.60 bits per heavy atom. The second kappa shape index (κ2) is 14.4. The van der Waals surface area contributed by atoms with Crippen LogP contribution in [0.3, 0.4) is 0 Å². The molecular formula is C19H35Cl2N3O. The van der Waals surface area contributed by atoms with Crippen molar-refractivity contribution in [3.8, 4) is 0 Å². The highest BCUT2D eigenvalue weighted by Gasteiger charge is 2.19. The molecule has 25 heavy (non-hydrogen) atoms. The maximum Gasteiger partial charge on any atom is 0.224 e. The van der Waals surface area contributed by atoms with E-state index in [0.717, 1.165) is 38.3 Å². The molecule has 4 nitrogen and oxygen atoms in total. The summed E-state index contributed by atoms with van der Waals surface area (Å²) < 4.78 is 0. The molecule has 6 heteroatoms. The number of amides is 1. The number of nitrogens with zero attached hydrogens (tertiary/aromatic N) is 2. The van der Waals surface area contributed by atoms with Gasteiger partial charge >= 0.3 is 0 Å². The molecule has 1 rings (SSSR count). The Morgan fingerprint density at radius 1 is 1.04 bits per heavy atom. The highest BCUT2D eigenvalue weighted by Crippen LogP contribution is 2.15. The van der Waals surface area contributed by atoms with Crippen molar-refractivity contribution in [2.45, 2.75) is 40.2 Å². The summed E-state index contributed by atoms with van der Waals surface area (Å²) in [6.45, 7) is 13.1. The quantitative estimate of drug-likeness (QED) is 0.660. The van der Waals surface area contributed by atoms with E-state index in [1.165, 1.54) is 0 Å². The van der Waals surface area contributed by atoms with Gasteiger partial charge < -0.3 is 15.5 Å². The van der Waals surface area contributed by atoms with Gasteiger partial charge in [-0.05, 0) is 24.6 Å². The lowest BCUT2D eigenvalue weighted by molar-refractivity contribution is -0.132. The largest absolute Gasteiger partial charge is 0.341 e. The summed E-state index contributed by atoms with van der Waals surface area (Å²) in [5.74, 6) is 0.616. The number of hydrogen-bond acceptors (Lipinski definition) is 3. The van der Waals surface area contributed by atoms with Crippen LogP contribution < -0.4 is 5.73 Å². The van der Waals surface area contributed by atoms with Crippen molar-refractivity contribution >= 4 is 30.7 Å². The van der Waals surface area contributed by atoms with Crippen molar-refractivity contribution in [2.24, 2.45) is 11.7 Å². The van der Waals surface area contributed by atoms with E-state index in [9.17, 15) is 4.79 Å². The Kier molecular flexibility index (Phi) is 15.2. The summed E-state index contributed by atoms with van der Waals surface area (Å²) in [5.41, 5.74) is 7.24. The van der Waals surface area contributed by atoms with Gasteiger partial charge in [-0.25, -0.2) is 0 Å². The zero-order chi connectivity index (χ0) is 17.2. The summed E-state index contributed by atoms with van der Waals surface area (Å²) in [5, 5.41) is 0. The fourth-order valence-corrected chi connectivity index (χ4v) is 2.70. The van der Waals surface area contributed by atoms with Crippen LogP contribution in [0.2, 0.25) is 0 Å². The molecule has 0 bridgehead atoms. The standard InChI is InChI=1S/C19H33N3O.2ClH/c1-5-21(6-2)12-13-22(15-16(3)4)19(23)14-18(20)17-10-8-7-9-11-17;;/h7-11,16,18H,5-6,12-15,20H2,1-4H3;2*1H. The van der Waals surface area contributed by atoms with Crippen molar-refractivity contribution in [1.82, 2.24) is 9.80 Å². The first-order valence-electron chi connectivity index (χ1n) is 8.78. The van der Waals surface area contributed by atoms with Gasteiger partial charge in [0.25, 0.3) is 0 Å². The molecule has 0 heterocycles. The number of hydrogen-bond donors (Lipinski definition) is 1. The molecule has 0 aliphatic rings. The van der Waals surface area contributed by atoms with Crippen molar-refractivity contribution in [1.29, 1.82) is 0 Å². The van der Waals surface area contributed by atoms with Gasteiger partial charge in [0.05, 0.1) is 0 Å². The third kappa shape index (κ3) is 10.0. The van der Waals surface area contributed by atoms with E-state index < -0.39 is 0 Å². The van der Waals surface area contributed by atoms with Gasteiger partial charge in [-0.15, -0.1) is 24.8 Å². The maximum absolute atomic E-state index is 12.7. The highest BCUT2D eigenvalue weighted by atomic mass is 35.5. The average Bonchev–Trinajstić information content (AvgIpc) is 2.55. The predicted octanol–water partition coefficient (Wildman–Crippen LogP) is 3.75. The Bertz CT molecular complexity index is 453. The highest BCUT2D eigenvalue weighted by molar-refractivity contribution is 5.85. The van der Waals surface area contributed by atoms with Gasteiger partial charge in [0.1, 0.15) is 0 Å². The molecule has 2 N–H and O–H groups in total. The molecule has 0 spiro atoms. The van der Waals surface area contributed by atoms with Crippen LogP contribution in [-0.2, 0) is 4.79 Å². The monoisotopic (exact) mass is 391 g/mol. The molecule has 1 atom stereocenters. The van der Waals surface area contributed by atoms with Gasteiger partial charge in [0.15, 0.2) is 0 Å². The minimum Gasteiger partial charge on any atom is -0.341 e. The van der Waals surface area contributed by atoms with Gasteiger partial charge in [0.2, 0.25) is 5.91 Å². The van der Waals surface area contributed by atoms with Gasteiger partial charge in [-0.2, -0.15) is 0 Å². The van der Waals surface area contributed by atoms with Crippen LogP contribution in [0.15, 0.2) is 30.3 Å². The predicted molar refractivity (Wildman–Crippen MR) is 112 cm³/mol. The Hall–Kier alpha value is -0.810. The van der Waals surface area contributed by atoms with E-state index in [0.29, 0.717) is 12.3 Å². The molecule has 0 fully saturated rings. The topological polar surface area (TPSA) is 49.6 Å². The van der Waals surface area contributed by atoms with Crippen LogP contribution in [-0.4, -0.2) is 48.4 Å². The summed E-state index contributed by atoms with van der Waals surface area (Å²) in [4.78, 5) is 17.0. The number of nitrogens with two attached hydrogens (primary N) is 1. The normalized spacial score (nSPS) is 11.6. The van der Waals surface area contributed by atoms with E-state index in [2.05, 4.69) is 32.6 Å². The van der Waals surface area contributed by atoms with Gasteiger partial charge in [0, 0.05) is 32.1 Å². The lowest BCUT2D eigenvalue weighted by Gasteiger charge is -2.29. The molecule has 0 aliphatic heterocycles. The number of carbonyl (C=O) groups is 1. The van der Waals surface area contributed by atoms with Crippen LogP contribution in [0.4, 0.5) is 0 Å². The van der Waals surface area contributed by atoms with E-state index in [-0.39, 0.29) is 36.8 Å². The van der Waals surface area contributed by atoms with Crippen molar-refractivity contribution in [2.75, 3.05) is 32.7 Å². The Morgan fingerprint density at radius 3 is 2.08 bits per heavy atom. The first-order chi connectivity index (χ1) is 11.0. The van der Waals surface area contributed by atoms with E-state index in [1.807, 2.05) is 35.2 Å². The van der Waals surface area contributed by atoms with Crippen molar-refractivity contribution in [3.63, 3.8) is 0 Å². The van der Waals surface area contributed by atoms with E-state index in [4.69, 9.17) is 5.73 Å². The Balaban J connectivity index is 0. The molecule has 0 aliphatic carbocycles. The number of rotatable bonds is 10. The molecule has 0 saturated heterocycles. The van der Waals surface area contributed by atoms with E-state index in [1.54, 1.807) is 0 Å². The number of carbonyl (C=O) groups excluding carboxylic acids is 1. The first kappa shape index (κ1) is 26.4. The van der Waals surface area contributed by atoms with Crippen LogP contribution in [0.5, 0.6) is 0 Å². The van der Waals surface area contributed by atoms with Crippen molar-refractivity contribution < 1.29 is 4.79 Å². The third-order valence-electron chi connectivity index (χ3n) is 4.14. The van der Waals surface area contributed by atoms with Crippen LogP contribution >= 0.6 is 24.8 Å². The lowest BCUT2D eigenvalue weighted by Crippen LogP contribution is -2.41. The SMILES string of the molecule is CCN(CC)CCN(CC(C)C)C(=O)CC(N)c1ccccc1.Cl.Cl. The minimum absolute atomic E-state index is 0. The summed E-state index contributed by atoms with van der Waals surface area (Å²) in [6, 6.07) is 9.64. The van der Waals surface area contributed by atoms with Crippen LogP contribution in [0, 0.1) is 5.92 Å². The fourth-order valence-electron chi connectivity index (χ4n) is 2.70. The number of likely N-dealkylation sites (N-methyl/N-ethyl adjacent to an activating group) is 1. The fraction of sp³-hybridized carbons (Fsp3) is 0.632. The lowest BCUT2D eigenvalue weighted by atomic mass is 10.0. The summed E-state index contributed by atoms with van der Waals surface area (Å²) in [7, 11) is 0. The van der Waals surface area contributed by atoms with Crippen LogP contribution in [0.1, 0.15) is 45.7 Å². The second-order valence-electron chi connectivity index (χ2n) is 6.48. The summed E-state index contributed by atoms with van der Waals surface area (Å²) in [6.07, 6.45) is 0.370. The second-order valence-corrected chi connectivity index (χ2v) is 6.48. The molecule has 146 valence electrons.